The molecule has 1 unspecified atom stereocenters. The van der Waals surface area contributed by atoms with Crippen LogP contribution in [0.3, 0.4) is 0 Å². The van der Waals surface area contributed by atoms with Gasteiger partial charge in [-0.2, -0.15) is 0 Å². The number of halogens is 2. The third kappa shape index (κ3) is 2.63. The van der Waals surface area contributed by atoms with E-state index in [1.165, 1.54) is 0 Å². The summed E-state index contributed by atoms with van der Waals surface area (Å²) < 4.78 is 25.6. The molecule has 0 amide bonds. The van der Waals surface area contributed by atoms with Gasteiger partial charge in [0.05, 0.1) is 6.20 Å². The third-order valence-electron chi connectivity index (χ3n) is 1.93. The van der Waals surface area contributed by atoms with Crippen molar-refractivity contribution < 1.29 is 8.78 Å². The molecule has 3 nitrogen and oxygen atoms in total. The molecule has 1 rings (SSSR count). The molecule has 0 aliphatic carbocycles. The maximum atomic E-state index is 13.1. The quantitative estimate of drug-likeness (QED) is 0.776. The topological polar surface area (TPSA) is 50.9 Å². The molecule has 0 saturated carbocycles. The first-order valence-electron chi connectivity index (χ1n) is 4.45. The van der Waals surface area contributed by atoms with Gasteiger partial charge in [-0.15, -0.1) is 0 Å². The normalized spacial score (nSPS) is 12.6. The van der Waals surface area contributed by atoms with Gasteiger partial charge < -0.3 is 11.1 Å². The van der Waals surface area contributed by atoms with E-state index in [0.717, 1.165) is 18.7 Å². The lowest BCUT2D eigenvalue weighted by atomic mass is 10.2. The molecule has 0 spiro atoms. The number of hydrogen-bond donors (Lipinski definition) is 2. The zero-order valence-corrected chi connectivity index (χ0v) is 7.93. The fourth-order valence-electron chi connectivity index (χ4n) is 1.04. The fourth-order valence-corrected chi connectivity index (χ4v) is 1.04. The van der Waals surface area contributed by atoms with Gasteiger partial charge in [-0.05, 0) is 6.42 Å². The molecule has 0 aromatic carbocycles. The van der Waals surface area contributed by atoms with E-state index in [-0.39, 0.29) is 11.9 Å². The maximum Gasteiger partial charge on any atom is 0.168 e. The summed E-state index contributed by atoms with van der Waals surface area (Å²) in [4.78, 5) is 3.60. The highest BCUT2D eigenvalue weighted by molar-refractivity contribution is 5.36. The Bertz CT molecular complexity index is 300. The SMILES string of the molecule is CCC(CN)Nc1ncc(F)cc1F. The van der Waals surface area contributed by atoms with Crippen molar-refractivity contribution in [2.75, 3.05) is 11.9 Å². The molecule has 0 saturated heterocycles. The highest BCUT2D eigenvalue weighted by Gasteiger charge is 2.09. The number of nitrogens with one attached hydrogen (secondary N) is 1. The van der Waals surface area contributed by atoms with Gasteiger partial charge in [0.1, 0.15) is 5.82 Å². The van der Waals surface area contributed by atoms with Gasteiger partial charge in [0.15, 0.2) is 11.6 Å². The summed E-state index contributed by atoms with van der Waals surface area (Å²) in [7, 11) is 0. The van der Waals surface area contributed by atoms with Crippen LogP contribution in [0.5, 0.6) is 0 Å². The summed E-state index contributed by atoms with van der Waals surface area (Å²) >= 11 is 0. The lowest BCUT2D eigenvalue weighted by molar-refractivity contribution is 0.571. The molecule has 78 valence electrons. The molecule has 1 heterocycles. The average molecular weight is 201 g/mol. The third-order valence-corrected chi connectivity index (χ3v) is 1.93. The molecule has 0 bridgehead atoms. The number of hydrogen-bond acceptors (Lipinski definition) is 3. The Balaban J connectivity index is 2.76. The standard InChI is InChI=1S/C9H13F2N3/c1-2-7(4-12)14-9-8(11)3-6(10)5-13-9/h3,5,7H,2,4,12H2,1H3,(H,13,14). The highest BCUT2D eigenvalue weighted by atomic mass is 19.1. The minimum atomic E-state index is -0.697. The molecule has 0 aliphatic rings. The van der Waals surface area contributed by atoms with Crippen LogP contribution in [0.25, 0.3) is 0 Å². The lowest BCUT2D eigenvalue weighted by Gasteiger charge is -2.15. The molecule has 5 heteroatoms. The van der Waals surface area contributed by atoms with E-state index in [4.69, 9.17) is 5.73 Å². The van der Waals surface area contributed by atoms with E-state index in [9.17, 15) is 8.78 Å². The van der Waals surface area contributed by atoms with E-state index < -0.39 is 11.6 Å². The summed E-state index contributed by atoms with van der Waals surface area (Å²) in [6, 6.07) is 0.751. The Labute approximate surface area is 81.3 Å². The Morgan fingerprint density at radius 2 is 2.29 bits per heavy atom. The second-order valence-electron chi connectivity index (χ2n) is 2.97. The Hall–Kier alpha value is -1.23. The molecule has 0 fully saturated rings. The molecule has 1 aromatic rings. The number of aromatic nitrogens is 1. The Kier molecular flexibility index (Phi) is 3.76. The molecule has 3 N–H and O–H groups in total. The molecular formula is C9H13F2N3. The number of rotatable bonds is 4. The number of pyridine rings is 1. The monoisotopic (exact) mass is 201 g/mol. The summed E-state index contributed by atoms with van der Waals surface area (Å²) in [5.74, 6) is -1.34. The Morgan fingerprint density at radius 1 is 1.57 bits per heavy atom. The summed E-state index contributed by atoms with van der Waals surface area (Å²) in [6.07, 6.45) is 1.73. The Morgan fingerprint density at radius 3 is 2.79 bits per heavy atom. The van der Waals surface area contributed by atoms with E-state index in [1.807, 2.05) is 6.92 Å². The summed E-state index contributed by atoms with van der Waals surface area (Å²) in [5, 5.41) is 2.80. The van der Waals surface area contributed by atoms with Crippen molar-refractivity contribution in [3.05, 3.63) is 23.9 Å². The van der Waals surface area contributed by atoms with Crippen molar-refractivity contribution in [2.24, 2.45) is 5.73 Å². The van der Waals surface area contributed by atoms with Gasteiger partial charge in [0.2, 0.25) is 0 Å². The predicted octanol–water partition coefficient (Wildman–Crippen LogP) is 1.51. The minimum Gasteiger partial charge on any atom is -0.364 e. The average Bonchev–Trinajstić information content (AvgIpc) is 2.17. The van der Waals surface area contributed by atoms with Crippen LogP contribution in [0.15, 0.2) is 12.3 Å². The molecule has 14 heavy (non-hydrogen) atoms. The molecule has 1 atom stereocenters. The van der Waals surface area contributed by atoms with Crippen molar-refractivity contribution in [1.82, 2.24) is 4.98 Å². The van der Waals surface area contributed by atoms with Crippen molar-refractivity contribution in [2.45, 2.75) is 19.4 Å². The number of anilines is 1. The van der Waals surface area contributed by atoms with Gasteiger partial charge in [0.25, 0.3) is 0 Å². The van der Waals surface area contributed by atoms with Gasteiger partial charge in [-0.1, -0.05) is 6.92 Å². The van der Waals surface area contributed by atoms with Crippen molar-refractivity contribution in [3.63, 3.8) is 0 Å². The maximum absolute atomic E-state index is 13.1. The first-order chi connectivity index (χ1) is 6.67. The van der Waals surface area contributed by atoms with E-state index >= 15 is 0 Å². The van der Waals surface area contributed by atoms with Gasteiger partial charge in [0, 0.05) is 18.7 Å². The van der Waals surface area contributed by atoms with Crippen LogP contribution in [-0.2, 0) is 0 Å². The van der Waals surface area contributed by atoms with Gasteiger partial charge in [-0.25, -0.2) is 13.8 Å². The largest absolute Gasteiger partial charge is 0.364 e. The van der Waals surface area contributed by atoms with Crippen molar-refractivity contribution >= 4 is 5.82 Å². The summed E-state index contributed by atoms with van der Waals surface area (Å²) in [6.45, 7) is 2.31. The smallest absolute Gasteiger partial charge is 0.168 e. The van der Waals surface area contributed by atoms with Crippen LogP contribution in [0.1, 0.15) is 13.3 Å². The van der Waals surface area contributed by atoms with Crippen LogP contribution in [0, 0.1) is 11.6 Å². The number of nitrogens with zero attached hydrogens (tertiary/aromatic N) is 1. The van der Waals surface area contributed by atoms with Gasteiger partial charge in [-0.3, -0.25) is 0 Å². The minimum absolute atomic E-state index is 0.0394. The lowest BCUT2D eigenvalue weighted by Crippen LogP contribution is -2.28. The van der Waals surface area contributed by atoms with Crippen LogP contribution in [0.2, 0.25) is 0 Å². The van der Waals surface area contributed by atoms with Crippen LogP contribution in [0.4, 0.5) is 14.6 Å². The first-order valence-corrected chi connectivity index (χ1v) is 4.45. The zero-order valence-electron chi connectivity index (χ0n) is 7.93. The van der Waals surface area contributed by atoms with Crippen molar-refractivity contribution in [1.29, 1.82) is 0 Å². The van der Waals surface area contributed by atoms with Crippen LogP contribution in [-0.4, -0.2) is 17.6 Å². The first kappa shape index (κ1) is 10.8. The second-order valence-corrected chi connectivity index (χ2v) is 2.97. The predicted molar refractivity (Wildman–Crippen MR) is 50.9 cm³/mol. The van der Waals surface area contributed by atoms with Gasteiger partial charge >= 0.3 is 0 Å². The zero-order chi connectivity index (χ0) is 10.6. The van der Waals surface area contributed by atoms with E-state index in [1.54, 1.807) is 0 Å². The van der Waals surface area contributed by atoms with Crippen molar-refractivity contribution in [3.8, 4) is 0 Å². The van der Waals surface area contributed by atoms with Crippen LogP contribution < -0.4 is 11.1 Å². The highest BCUT2D eigenvalue weighted by Crippen LogP contribution is 2.12. The molecule has 0 aliphatic heterocycles. The molecular weight excluding hydrogens is 188 g/mol. The molecule has 1 aromatic heterocycles. The van der Waals surface area contributed by atoms with E-state index in [2.05, 4.69) is 10.3 Å². The summed E-state index contributed by atoms with van der Waals surface area (Å²) in [5.41, 5.74) is 5.42. The fraction of sp³-hybridized carbons (Fsp3) is 0.444. The van der Waals surface area contributed by atoms with E-state index in [0.29, 0.717) is 6.54 Å². The number of nitrogens with two attached hydrogens (primary N) is 1. The molecule has 0 radical (unpaired) electrons. The second kappa shape index (κ2) is 4.85. The van der Waals surface area contributed by atoms with Crippen LogP contribution >= 0.6 is 0 Å².